The number of amides is 3. The van der Waals surface area contributed by atoms with Gasteiger partial charge in [0.15, 0.2) is 16.7 Å². The first-order valence-electron chi connectivity index (χ1n) is 20.7. The van der Waals surface area contributed by atoms with Crippen molar-refractivity contribution >= 4 is 45.5 Å². The van der Waals surface area contributed by atoms with E-state index in [-0.39, 0.29) is 49.6 Å². The molecular weight excluding hydrogens is 811 g/mol. The molecule has 0 bridgehead atoms. The van der Waals surface area contributed by atoms with Gasteiger partial charge in [-0.3, -0.25) is 14.4 Å². The molecule has 0 spiro atoms. The molecular formula is C44H56F2N6O6S2. The SMILES string of the molecule is Cc1ncsc1-c1ccc([C@H](C)NC(=O)C2C[C@@H](O)CN2C(=O)[C@@H](NC(=O)CCCCCCCOc2c(-c3csc(N4CCOCC4)n3)ccc(F)c2F)C(C)(C)C)cc1. The number of morpholine rings is 1. The summed E-state index contributed by atoms with van der Waals surface area (Å²) >= 11 is 3.01. The molecule has 6 rings (SSSR count). The van der Waals surface area contributed by atoms with Crippen molar-refractivity contribution in [3.8, 4) is 27.4 Å². The van der Waals surface area contributed by atoms with E-state index in [1.54, 1.807) is 11.3 Å². The van der Waals surface area contributed by atoms with E-state index >= 15 is 0 Å². The van der Waals surface area contributed by atoms with E-state index in [0.717, 1.165) is 65.2 Å². The molecule has 4 aromatic rings. The minimum atomic E-state index is -1.04. The lowest BCUT2D eigenvalue weighted by molar-refractivity contribution is -0.144. The summed E-state index contributed by atoms with van der Waals surface area (Å²) < 4.78 is 40.4. The third kappa shape index (κ3) is 11.2. The fourth-order valence-electron chi connectivity index (χ4n) is 7.50. The van der Waals surface area contributed by atoms with Gasteiger partial charge in [0.25, 0.3) is 0 Å². The van der Waals surface area contributed by atoms with Gasteiger partial charge in [-0.05, 0) is 55.4 Å². The molecule has 4 heterocycles. The van der Waals surface area contributed by atoms with Crippen LogP contribution in [0.5, 0.6) is 5.75 Å². The van der Waals surface area contributed by atoms with Crippen LogP contribution in [0.3, 0.4) is 0 Å². The lowest BCUT2D eigenvalue weighted by Crippen LogP contribution is -2.57. The highest BCUT2D eigenvalue weighted by atomic mass is 32.1. The number of carbonyl (C=O) groups is 3. The van der Waals surface area contributed by atoms with Crippen LogP contribution in [0, 0.1) is 24.0 Å². The second-order valence-corrected chi connectivity index (χ2v) is 18.3. The summed E-state index contributed by atoms with van der Waals surface area (Å²) in [5, 5.41) is 19.2. The molecule has 2 aromatic heterocycles. The Morgan fingerprint density at radius 3 is 2.42 bits per heavy atom. The van der Waals surface area contributed by atoms with Gasteiger partial charge in [-0.25, -0.2) is 14.4 Å². The predicted octanol–water partition coefficient (Wildman–Crippen LogP) is 7.45. The summed E-state index contributed by atoms with van der Waals surface area (Å²) in [6.07, 6.45) is 2.93. The molecule has 0 saturated carbocycles. The standard InChI is InChI=1S/C44H56F2N6O6S2/c1-27(29-12-14-30(15-13-29)39-28(2)47-26-60-39)48-41(55)35-23-31(53)24-52(35)42(56)40(44(3,4)5)50-36(54)11-9-7-6-8-10-20-58-38-32(16-17-33(45)37(38)46)34-25-59-43(49-34)51-18-21-57-22-19-51/h12-17,25-27,31,35,40,53H,6-11,18-24H2,1-5H3,(H,48,55)(H,50,54)/t27-,31+,35?,40+/m0/s1. The maximum Gasteiger partial charge on any atom is 0.246 e. The lowest BCUT2D eigenvalue weighted by Gasteiger charge is -2.35. The third-order valence-electron chi connectivity index (χ3n) is 11.0. The van der Waals surface area contributed by atoms with E-state index in [4.69, 9.17) is 9.47 Å². The summed E-state index contributed by atoms with van der Waals surface area (Å²) in [6, 6.07) is 8.36. The van der Waals surface area contributed by atoms with Gasteiger partial charge in [-0.2, -0.15) is 4.39 Å². The molecule has 1 unspecified atom stereocenters. The second kappa shape index (κ2) is 20.4. The van der Waals surface area contributed by atoms with E-state index < -0.39 is 41.1 Å². The van der Waals surface area contributed by atoms with Crippen molar-refractivity contribution in [1.82, 2.24) is 25.5 Å². The highest BCUT2D eigenvalue weighted by Gasteiger charge is 2.44. The van der Waals surface area contributed by atoms with Gasteiger partial charge in [0.05, 0.1) is 53.7 Å². The second-order valence-electron chi connectivity index (χ2n) is 16.6. The lowest BCUT2D eigenvalue weighted by atomic mass is 9.85. The molecule has 2 aliphatic heterocycles. The smallest absolute Gasteiger partial charge is 0.246 e. The predicted molar refractivity (Wildman–Crippen MR) is 230 cm³/mol. The van der Waals surface area contributed by atoms with Crippen molar-refractivity contribution < 1.29 is 37.7 Å². The van der Waals surface area contributed by atoms with Crippen LogP contribution in [0.2, 0.25) is 0 Å². The summed E-state index contributed by atoms with van der Waals surface area (Å²) in [6.45, 7) is 12.3. The van der Waals surface area contributed by atoms with Crippen LogP contribution in [0.4, 0.5) is 13.9 Å². The Hall–Kier alpha value is -4.51. The van der Waals surface area contributed by atoms with Crippen LogP contribution < -0.4 is 20.3 Å². The van der Waals surface area contributed by atoms with Crippen molar-refractivity contribution in [3.63, 3.8) is 0 Å². The number of ether oxygens (including phenoxy) is 2. The van der Waals surface area contributed by atoms with E-state index in [0.29, 0.717) is 37.3 Å². The zero-order chi connectivity index (χ0) is 43.0. The average molecular weight is 867 g/mol. The van der Waals surface area contributed by atoms with Gasteiger partial charge in [-0.15, -0.1) is 22.7 Å². The van der Waals surface area contributed by atoms with E-state index in [1.807, 2.05) is 69.8 Å². The van der Waals surface area contributed by atoms with Gasteiger partial charge in [0, 0.05) is 43.4 Å². The van der Waals surface area contributed by atoms with Crippen LogP contribution in [0.15, 0.2) is 47.3 Å². The molecule has 0 aliphatic carbocycles. The first-order valence-corrected chi connectivity index (χ1v) is 22.4. The van der Waals surface area contributed by atoms with Gasteiger partial charge >= 0.3 is 0 Å². The Balaban J connectivity index is 0.946. The number of carbonyl (C=O) groups excluding carboxylic acids is 3. The number of likely N-dealkylation sites (tertiary alicyclic amines) is 1. The quantitative estimate of drug-likeness (QED) is 0.0922. The Morgan fingerprint density at radius 2 is 1.72 bits per heavy atom. The number of β-amino-alcohol motifs (C(OH)–C–C–N with tert-alkyl or cyclic N) is 1. The molecule has 2 fully saturated rings. The van der Waals surface area contributed by atoms with Crippen molar-refractivity contribution in [2.45, 2.75) is 104 Å². The van der Waals surface area contributed by atoms with Crippen LogP contribution in [-0.2, 0) is 19.1 Å². The minimum absolute atomic E-state index is 0.00570. The molecule has 3 amide bonds. The minimum Gasteiger partial charge on any atom is -0.490 e. The maximum absolute atomic E-state index is 14.9. The van der Waals surface area contributed by atoms with Gasteiger partial charge in [-0.1, -0.05) is 64.3 Å². The largest absolute Gasteiger partial charge is 0.490 e. The van der Waals surface area contributed by atoms with Crippen LogP contribution in [-0.4, -0.2) is 95.3 Å². The Labute approximate surface area is 358 Å². The van der Waals surface area contributed by atoms with Crippen molar-refractivity contribution in [1.29, 1.82) is 0 Å². The monoisotopic (exact) mass is 866 g/mol. The van der Waals surface area contributed by atoms with Gasteiger partial charge in [0.2, 0.25) is 23.5 Å². The molecule has 60 heavy (non-hydrogen) atoms. The van der Waals surface area contributed by atoms with Crippen molar-refractivity contribution in [3.05, 3.63) is 70.2 Å². The Bertz CT molecular complexity index is 2080. The fraction of sp³-hybridized carbons (Fsp3) is 0.523. The highest BCUT2D eigenvalue weighted by molar-refractivity contribution is 7.14. The van der Waals surface area contributed by atoms with E-state index in [9.17, 15) is 28.3 Å². The molecule has 324 valence electrons. The molecule has 2 aromatic carbocycles. The number of benzene rings is 2. The van der Waals surface area contributed by atoms with Gasteiger partial charge in [0.1, 0.15) is 12.1 Å². The number of hydrogen-bond acceptors (Lipinski definition) is 11. The number of hydrogen-bond donors (Lipinski definition) is 3. The van der Waals surface area contributed by atoms with Crippen LogP contribution >= 0.6 is 22.7 Å². The number of aliphatic hydroxyl groups is 1. The summed E-state index contributed by atoms with van der Waals surface area (Å²) in [7, 11) is 0. The molecule has 16 heteroatoms. The number of nitrogens with one attached hydrogen (secondary N) is 2. The van der Waals surface area contributed by atoms with E-state index in [1.165, 1.54) is 22.3 Å². The van der Waals surface area contributed by atoms with E-state index in [2.05, 4.69) is 25.5 Å². The summed E-state index contributed by atoms with van der Waals surface area (Å²) in [4.78, 5) is 54.5. The number of unbranched alkanes of at least 4 members (excludes halogenated alkanes) is 4. The molecule has 2 saturated heterocycles. The number of aromatic nitrogens is 2. The number of nitrogens with zero attached hydrogens (tertiary/aromatic N) is 4. The van der Waals surface area contributed by atoms with Crippen LogP contribution in [0.1, 0.15) is 89.9 Å². The normalized spacial score (nSPS) is 18.0. The first-order chi connectivity index (χ1) is 28.7. The number of aryl methyl sites for hydroxylation is 1. The highest BCUT2D eigenvalue weighted by Crippen LogP contribution is 2.37. The zero-order valence-corrected chi connectivity index (χ0v) is 36.6. The summed E-state index contributed by atoms with van der Waals surface area (Å²) in [5.74, 6) is -3.22. The van der Waals surface area contributed by atoms with Crippen LogP contribution in [0.25, 0.3) is 21.7 Å². The Morgan fingerprint density at radius 1 is 1.00 bits per heavy atom. The number of halogens is 2. The maximum atomic E-state index is 14.9. The fourth-order valence-corrected chi connectivity index (χ4v) is 9.19. The average Bonchev–Trinajstić information content (AvgIpc) is 3.99. The number of anilines is 1. The Kier molecular flexibility index (Phi) is 15.3. The molecule has 12 nitrogen and oxygen atoms in total. The van der Waals surface area contributed by atoms with Crippen molar-refractivity contribution in [2.24, 2.45) is 5.41 Å². The third-order valence-corrected chi connectivity index (χ3v) is 12.8. The number of aliphatic hydroxyl groups excluding tert-OH is 1. The molecule has 0 radical (unpaired) electrons. The number of thiazole rings is 2. The van der Waals surface area contributed by atoms with Crippen molar-refractivity contribution in [2.75, 3.05) is 44.4 Å². The topological polar surface area (TPSA) is 146 Å². The molecule has 2 aliphatic rings. The summed E-state index contributed by atoms with van der Waals surface area (Å²) in [5.41, 5.74) is 4.98. The van der Waals surface area contributed by atoms with Gasteiger partial charge < -0.3 is 35.0 Å². The number of rotatable bonds is 17. The first kappa shape index (κ1) is 45.0. The molecule has 3 N–H and O–H groups in total. The zero-order valence-electron chi connectivity index (χ0n) is 35.0. The molecule has 4 atom stereocenters.